The van der Waals surface area contributed by atoms with Crippen LogP contribution < -0.4 is 5.56 Å². The van der Waals surface area contributed by atoms with E-state index in [1.807, 2.05) is 6.07 Å². The lowest BCUT2D eigenvalue weighted by atomic mass is 9.86. The van der Waals surface area contributed by atoms with Gasteiger partial charge in [0.25, 0.3) is 5.56 Å². The molecule has 0 saturated heterocycles. The molecule has 0 saturated carbocycles. The zero-order chi connectivity index (χ0) is 25.4. The van der Waals surface area contributed by atoms with Crippen molar-refractivity contribution in [3.63, 3.8) is 0 Å². The molecule has 2 aromatic carbocycles. The average molecular weight is 488 g/mol. The molecule has 36 heavy (non-hydrogen) atoms. The molecular formula is C24H18F2N8O2. The SMILES string of the molecule is C[C@@H](n1ncc2cn(-c3ccc(C#N)cc3)nc2c1=O)[C@](O)(Cn1cncn1)c1ccc(F)cc1F. The highest BCUT2D eigenvalue weighted by atomic mass is 19.1. The molecule has 0 amide bonds. The van der Waals surface area contributed by atoms with Crippen molar-refractivity contribution in [2.45, 2.75) is 25.1 Å². The zero-order valence-electron chi connectivity index (χ0n) is 18.8. The van der Waals surface area contributed by atoms with Gasteiger partial charge in [0.05, 0.1) is 36.1 Å². The van der Waals surface area contributed by atoms with Gasteiger partial charge in [-0.3, -0.25) is 4.79 Å². The summed E-state index contributed by atoms with van der Waals surface area (Å²) in [5.41, 5.74) is -1.74. The Balaban J connectivity index is 1.61. The van der Waals surface area contributed by atoms with E-state index in [0.717, 1.165) is 16.8 Å². The number of benzene rings is 2. The van der Waals surface area contributed by atoms with Crippen molar-refractivity contribution in [2.24, 2.45) is 0 Å². The van der Waals surface area contributed by atoms with Crippen molar-refractivity contribution in [3.8, 4) is 11.8 Å². The van der Waals surface area contributed by atoms with E-state index in [4.69, 9.17) is 5.26 Å². The number of nitriles is 1. The lowest BCUT2D eigenvalue weighted by molar-refractivity contribution is -0.0382. The minimum Gasteiger partial charge on any atom is -0.381 e. The molecule has 0 aliphatic heterocycles. The highest BCUT2D eigenvalue weighted by Gasteiger charge is 2.41. The predicted molar refractivity (Wildman–Crippen MR) is 123 cm³/mol. The topological polar surface area (TPSA) is 127 Å². The fourth-order valence-electron chi connectivity index (χ4n) is 4.08. The van der Waals surface area contributed by atoms with E-state index in [9.17, 15) is 18.7 Å². The summed E-state index contributed by atoms with van der Waals surface area (Å²) in [6.07, 6.45) is 5.61. The normalized spacial score (nSPS) is 13.9. The highest BCUT2D eigenvalue weighted by Crippen LogP contribution is 2.36. The van der Waals surface area contributed by atoms with Crippen LogP contribution in [0.4, 0.5) is 8.78 Å². The summed E-state index contributed by atoms with van der Waals surface area (Å²) in [6.45, 7) is 1.21. The molecule has 180 valence electrons. The molecule has 0 spiro atoms. The van der Waals surface area contributed by atoms with Crippen LogP contribution in [0.3, 0.4) is 0 Å². The van der Waals surface area contributed by atoms with Gasteiger partial charge in [-0.15, -0.1) is 0 Å². The number of halogens is 2. The Labute approximate surface area is 202 Å². The van der Waals surface area contributed by atoms with E-state index in [1.54, 1.807) is 30.5 Å². The number of hydrogen-bond acceptors (Lipinski definition) is 7. The van der Waals surface area contributed by atoms with Crippen LogP contribution >= 0.6 is 0 Å². The third-order valence-corrected chi connectivity index (χ3v) is 6.06. The van der Waals surface area contributed by atoms with Crippen molar-refractivity contribution in [1.29, 1.82) is 5.26 Å². The van der Waals surface area contributed by atoms with Crippen LogP contribution in [0.1, 0.15) is 24.1 Å². The maximum absolute atomic E-state index is 14.9. The second-order valence-electron chi connectivity index (χ2n) is 8.25. The molecule has 0 unspecified atom stereocenters. The number of fused-ring (bicyclic) bond motifs is 1. The van der Waals surface area contributed by atoms with Gasteiger partial charge in [0.15, 0.2) is 5.52 Å². The molecule has 0 aliphatic carbocycles. The van der Waals surface area contributed by atoms with Gasteiger partial charge in [-0.2, -0.15) is 20.6 Å². The summed E-state index contributed by atoms with van der Waals surface area (Å²) in [6, 6.07) is 10.3. The Bertz CT molecular complexity index is 1650. The molecule has 5 aromatic rings. The van der Waals surface area contributed by atoms with Crippen LogP contribution in [0.2, 0.25) is 0 Å². The fraction of sp³-hybridized carbons (Fsp3) is 0.167. The Hall–Kier alpha value is -4.76. The van der Waals surface area contributed by atoms with Crippen LogP contribution in [-0.4, -0.2) is 39.4 Å². The van der Waals surface area contributed by atoms with Crippen LogP contribution in [0, 0.1) is 23.0 Å². The van der Waals surface area contributed by atoms with Crippen molar-refractivity contribution >= 4 is 10.9 Å². The van der Waals surface area contributed by atoms with E-state index in [2.05, 4.69) is 20.3 Å². The van der Waals surface area contributed by atoms with Crippen molar-refractivity contribution in [2.75, 3.05) is 0 Å². The third-order valence-electron chi connectivity index (χ3n) is 6.06. The minimum absolute atomic E-state index is 0.0730. The number of rotatable bonds is 6. The number of nitrogens with zero attached hydrogens (tertiary/aromatic N) is 8. The van der Waals surface area contributed by atoms with Gasteiger partial charge in [0.2, 0.25) is 0 Å². The van der Waals surface area contributed by atoms with Gasteiger partial charge in [0, 0.05) is 23.2 Å². The van der Waals surface area contributed by atoms with Crippen LogP contribution in [0.5, 0.6) is 0 Å². The maximum atomic E-state index is 14.9. The molecule has 0 bridgehead atoms. The van der Waals surface area contributed by atoms with Gasteiger partial charge in [0.1, 0.15) is 29.9 Å². The molecule has 0 fully saturated rings. The number of aromatic nitrogens is 7. The highest BCUT2D eigenvalue weighted by molar-refractivity contribution is 5.76. The number of aliphatic hydroxyl groups is 1. The molecule has 0 radical (unpaired) electrons. The molecule has 3 heterocycles. The zero-order valence-corrected chi connectivity index (χ0v) is 18.8. The smallest absolute Gasteiger partial charge is 0.295 e. The Morgan fingerprint density at radius 2 is 1.94 bits per heavy atom. The van der Waals surface area contributed by atoms with E-state index in [0.29, 0.717) is 22.7 Å². The standard InChI is InChI=1S/C24H18F2N8O2/c1-15(24(36,12-32-14-28-13-30-32)20-7-4-18(25)8-21(20)26)34-23(35)22-17(10-29-34)11-33(31-22)19-5-2-16(9-27)3-6-19/h2-8,10-11,13-15,36H,12H2,1H3/t15-,24-/m1/s1. The van der Waals surface area contributed by atoms with Crippen LogP contribution in [0.15, 0.2) is 72.3 Å². The molecular weight excluding hydrogens is 470 g/mol. The summed E-state index contributed by atoms with van der Waals surface area (Å²) in [7, 11) is 0. The summed E-state index contributed by atoms with van der Waals surface area (Å²) in [5, 5.41) is 33.8. The third kappa shape index (κ3) is 3.91. The van der Waals surface area contributed by atoms with Gasteiger partial charge >= 0.3 is 0 Å². The first-order valence-electron chi connectivity index (χ1n) is 10.8. The van der Waals surface area contributed by atoms with Gasteiger partial charge in [-0.25, -0.2) is 27.8 Å². The summed E-state index contributed by atoms with van der Waals surface area (Å²) in [5.74, 6) is -1.79. The Morgan fingerprint density at radius 3 is 2.61 bits per heavy atom. The van der Waals surface area contributed by atoms with Gasteiger partial charge in [-0.1, -0.05) is 6.07 Å². The summed E-state index contributed by atoms with van der Waals surface area (Å²) < 4.78 is 32.2. The molecule has 3 aromatic heterocycles. The van der Waals surface area contributed by atoms with Crippen molar-refractivity contribution in [3.05, 3.63) is 101 Å². The maximum Gasteiger partial charge on any atom is 0.295 e. The van der Waals surface area contributed by atoms with Crippen LogP contribution in [0.25, 0.3) is 16.6 Å². The van der Waals surface area contributed by atoms with Crippen molar-refractivity contribution < 1.29 is 13.9 Å². The van der Waals surface area contributed by atoms with E-state index in [-0.39, 0.29) is 17.6 Å². The lowest BCUT2D eigenvalue weighted by Gasteiger charge is -2.34. The van der Waals surface area contributed by atoms with Gasteiger partial charge < -0.3 is 5.11 Å². The predicted octanol–water partition coefficient (Wildman–Crippen LogP) is 2.47. The molecule has 5 rings (SSSR count). The first-order chi connectivity index (χ1) is 17.3. The number of hydrogen-bond donors (Lipinski definition) is 1. The first kappa shape index (κ1) is 23.0. The molecule has 0 aliphatic rings. The lowest BCUT2D eigenvalue weighted by Crippen LogP contribution is -2.44. The molecule has 2 atom stereocenters. The summed E-state index contributed by atoms with van der Waals surface area (Å²) >= 11 is 0. The van der Waals surface area contributed by atoms with Crippen molar-refractivity contribution in [1.82, 2.24) is 34.3 Å². The second-order valence-corrected chi connectivity index (χ2v) is 8.25. The Morgan fingerprint density at radius 1 is 1.17 bits per heavy atom. The fourth-order valence-corrected chi connectivity index (χ4v) is 4.08. The average Bonchev–Trinajstić information content (AvgIpc) is 3.54. The van der Waals surface area contributed by atoms with E-state index >= 15 is 0 Å². The largest absolute Gasteiger partial charge is 0.381 e. The quantitative estimate of drug-likeness (QED) is 0.389. The summed E-state index contributed by atoms with van der Waals surface area (Å²) in [4.78, 5) is 17.3. The monoisotopic (exact) mass is 488 g/mol. The van der Waals surface area contributed by atoms with E-state index in [1.165, 1.54) is 35.1 Å². The second kappa shape index (κ2) is 8.79. The molecule has 10 nitrogen and oxygen atoms in total. The molecule has 1 N–H and O–H groups in total. The van der Waals surface area contributed by atoms with E-state index < -0.39 is 28.8 Å². The Kier molecular flexibility index (Phi) is 5.62. The molecule has 12 heteroatoms. The minimum atomic E-state index is -2.06. The first-order valence-corrected chi connectivity index (χ1v) is 10.8. The van der Waals surface area contributed by atoms with Crippen LogP contribution in [-0.2, 0) is 12.1 Å². The van der Waals surface area contributed by atoms with Gasteiger partial charge in [-0.05, 0) is 37.3 Å².